The lowest BCUT2D eigenvalue weighted by Gasteiger charge is -2.45. The zero-order valence-electron chi connectivity index (χ0n) is 13.2. The van der Waals surface area contributed by atoms with E-state index in [-0.39, 0.29) is 11.6 Å². The third-order valence-corrected chi connectivity index (χ3v) is 5.13. The standard InChI is InChI=1S/C15H27BrN4O/c1-4-20-13(12(16)10-18-20)14(19-17)15(21-5-2)8-6-7-11(3)9-15/h10-11,14,19H,4-9,17H2,1-3H3. The Morgan fingerprint density at radius 3 is 2.95 bits per heavy atom. The molecule has 0 saturated heterocycles. The molecule has 1 aliphatic rings. The molecule has 1 aromatic rings. The first-order valence-corrected chi connectivity index (χ1v) is 8.68. The molecule has 2 rings (SSSR count). The molecule has 1 fully saturated rings. The maximum atomic E-state index is 6.27. The molecule has 1 aliphatic carbocycles. The highest BCUT2D eigenvalue weighted by molar-refractivity contribution is 9.10. The Bertz CT molecular complexity index is 461. The van der Waals surface area contributed by atoms with Crippen LogP contribution in [0.2, 0.25) is 0 Å². The van der Waals surface area contributed by atoms with Crippen LogP contribution in [0.15, 0.2) is 10.7 Å². The van der Waals surface area contributed by atoms with Gasteiger partial charge in [0.25, 0.3) is 0 Å². The molecule has 0 radical (unpaired) electrons. The first-order valence-electron chi connectivity index (χ1n) is 7.89. The molecule has 120 valence electrons. The molecule has 0 bridgehead atoms. The van der Waals surface area contributed by atoms with E-state index in [1.807, 2.05) is 10.9 Å². The minimum absolute atomic E-state index is 0.0583. The number of halogens is 1. The Kier molecular flexibility index (Phi) is 5.82. The van der Waals surface area contributed by atoms with E-state index in [4.69, 9.17) is 10.6 Å². The second kappa shape index (κ2) is 7.22. The fourth-order valence-electron chi connectivity index (χ4n) is 3.70. The molecule has 6 heteroatoms. The van der Waals surface area contributed by atoms with Crippen molar-refractivity contribution >= 4 is 15.9 Å². The van der Waals surface area contributed by atoms with Gasteiger partial charge in [-0.15, -0.1) is 0 Å². The Hall–Kier alpha value is -0.430. The molecule has 0 aromatic carbocycles. The largest absolute Gasteiger partial charge is 0.373 e. The van der Waals surface area contributed by atoms with Crippen molar-refractivity contribution in [2.45, 2.75) is 64.6 Å². The van der Waals surface area contributed by atoms with Gasteiger partial charge in [0.05, 0.1) is 28.0 Å². The fraction of sp³-hybridized carbons (Fsp3) is 0.800. The maximum absolute atomic E-state index is 6.27. The Morgan fingerprint density at radius 1 is 1.62 bits per heavy atom. The number of aryl methyl sites for hydroxylation is 1. The van der Waals surface area contributed by atoms with Gasteiger partial charge in [0.1, 0.15) is 0 Å². The molecule has 1 saturated carbocycles. The lowest BCUT2D eigenvalue weighted by molar-refractivity contribution is -0.103. The Balaban J connectivity index is 2.42. The van der Waals surface area contributed by atoms with Crippen LogP contribution in [-0.4, -0.2) is 22.0 Å². The van der Waals surface area contributed by atoms with E-state index >= 15 is 0 Å². The summed E-state index contributed by atoms with van der Waals surface area (Å²) in [6.45, 7) is 7.96. The minimum Gasteiger partial charge on any atom is -0.373 e. The van der Waals surface area contributed by atoms with Gasteiger partial charge in [0, 0.05) is 13.2 Å². The second-order valence-corrected chi connectivity index (χ2v) is 6.85. The number of ether oxygens (including phenoxy) is 1. The van der Waals surface area contributed by atoms with Crippen LogP contribution < -0.4 is 11.3 Å². The quantitative estimate of drug-likeness (QED) is 0.605. The SMILES string of the molecule is CCOC1(C(NN)c2c(Br)cnn2CC)CCCC(C)C1. The summed E-state index contributed by atoms with van der Waals surface area (Å²) in [7, 11) is 0. The summed E-state index contributed by atoms with van der Waals surface area (Å²) in [5.74, 6) is 6.61. The zero-order valence-corrected chi connectivity index (χ0v) is 14.8. The monoisotopic (exact) mass is 358 g/mol. The number of rotatable bonds is 6. The lowest BCUT2D eigenvalue weighted by atomic mass is 9.73. The minimum atomic E-state index is -0.253. The Morgan fingerprint density at radius 2 is 2.38 bits per heavy atom. The van der Waals surface area contributed by atoms with Crippen LogP contribution in [0.4, 0.5) is 0 Å². The molecule has 3 atom stereocenters. The third kappa shape index (κ3) is 3.33. The van der Waals surface area contributed by atoms with E-state index in [9.17, 15) is 0 Å². The van der Waals surface area contributed by atoms with Crippen molar-refractivity contribution in [2.24, 2.45) is 11.8 Å². The fourth-order valence-corrected chi connectivity index (χ4v) is 4.22. The average molecular weight is 359 g/mol. The summed E-state index contributed by atoms with van der Waals surface area (Å²) in [5.41, 5.74) is 3.85. The van der Waals surface area contributed by atoms with Gasteiger partial charge >= 0.3 is 0 Å². The maximum Gasteiger partial charge on any atom is 0.0929 e. The first-order chi connectivity index (χ1) is 10.1. The van der Waals surface area contributed by atoms with Crippen molar-refractivity contribution < 1.29 is 4.74 Å². The molecular weight excluding hydrogens is 332 g/mol. The van der Waals surface area contributed by atoms with E-state index in [2.05, 4.69) is 47.2 Å². The van der Waals surface area contributed by atoms with E-state index < -0.39 is 0 Å². The summed E-state index contributed by atoms with van der Waals surface area (Å²) >= 11 is 3.62. The van der Waals surface area contributed by atoms with Gasteiger partial charge in [-0.3, -0.25) is 10.5 Å². The summed E-state index contributed by atoms with van der Waals surface area (Å²) in [6, 6.07) is -0.0583. The van der Waals surface area contributed by atoms with E-state index in [0.717, 1.165) is 29.6 Å². The Labute approximate surface area is 135 Å². The van der Waals surface area contributed by atoms with E-state index in [1.165, 1.54) is 12.8 Å². The summed E-state index contributed by atoms with van der Waals surface area (Å²) < 4.78 is 9.25. The van der Waals surface area contributed by atoms with Crippen LogP contribution in [0.3, 0.4) is 0 Å². The van der Waals surface area contributed by atoms with Crippen molar-refractivity contribution in [2.75, 3.05) is 6.61 Å². The average Bonchev–Trinajstić information content (AvgIpc) is 2.81. The van der Waals surface area contributed by atoms with Crippen LogP contribution in [0, 0.1) is 5.92 Å². The van der Waals surface area contributed by atoms with Crippen molar-refractivity contribution in [3.63, 3.8) is 0 Å². The summed E-state index contributed by atoms with van der Waals surface area (Å²) in [6.07, 6.45) is 6.34. The lowest BCUT2D eigenvalue weighted by Crippen LogP contribution is -2.51. The van der Waals surface area contributed by atoms with E-state index in [1.54, 1.807) is 0 Å². The predicted octanol–water partition coefficient (Wildman–Crippen LogP) is 3.16. The van der Waals surface area contributed by atoms with Gasteiger partial charge in [-0.25, -0.2) is 5.43 Å². The van der Waals surface area contributed by atoms with Crippen molar-refractivity contribution in [3.05, 3.63) is 16.4 Å². The number of aromatic nitrogens is 2. The van der Waals surface area contributed by atoms with Crippen LogP contribution >= 0.6 is 15.9 Å². The van der Waals surface area contributed by atoms with Crippen molar-refractivity contribution in [1.82, 2.24) is 15.2 Å². The summed E-state index contributed by atoms with van der Waals surface area (Å²) in [5, 5.41) is 4.43. The van der Waals surface area contributed by atoms with Crippen LogP contribution in [0.5, 0.6) is 0 Å². The zero-order chi connectivity index (χ0) is 15.5. The highest BCUT2D eigenvalue weighted by Crippen LogP contribution is 2.44. The molecule has 0 spiro atoms. The molecule has 1 aromatic heterocycles. The molecule has 0 aliphatic heterocycles. The van der Waals surface area contributed by atoms with Gasteiger partial charge in [-0.1, -0.05) is 19.8 Å². The molecular formula is C15H27BrN4O. The number of nitrogens with two attached hydrogens (primary N) is 1. The number of nitrogens with one attached hydrogen (secondary N) is 1. The third-order valence-electron chi connectivity index (χ3n) is 4.52. The van der Waals surface area contributed by atoms with Gasteiger partial charge in [-0.2, -0.15) is 5.10 Å². The highest BCUT2D eigenvalue weighted by Gasteiger charge is 2.45. The molecule has 0 amide bonds. The molecule has 1 heterocycles. The van der Waals surface area contributed by atoms with Crippen molar-refractivity contribution in [3.8, 4) is 0 Å². The number of hydrogen-bond acceptors (Lipinski definition) is 4. The first kappa shape index (κ1) is 16.9. The molecule has 3 unspecified atom stereocenters. The molecule has 5 nitrogen and oxygen atoms in total. The number of hydrogen-bond donors (Lipinski definition) is 2. The normalized spacial score (nSPS) is 27.8. The smallest absolute Gasteiger partial charge is 0.0929 e. The van der Waals surface area contributed by atoms with Gasteiger partial charge in [-0.05, 0) is 48.5 Å². The second-order valence-electron chi connectivity index (χ2n) is 5.99. The van der Waals surface area contributed by atoms with Crippen molar-refractivity contribution in [1.29, 1.82) is 0 Å². The van der Waals surface area contributed by atoms with E-state index in [0.29, 0.717) is 12.5 Å². The topological polar surface area (TPSA) is 65.1 Å². The van der Waals surface area contributed by atoms with Crippen LogP contribution in [0.25, 0.3) is 0 Å². The van der Waals surface area contributed by atoms with Gasteiger partial charge < -0.3 is 4.74 Å². The van der Waals surface area contributed by atoms with Crippen LogP contribution in [-0.2, 0) is 11.3 Å². The number of nitrogens with zero attached hydrogens (tertiary/aromatic N) is 2. The predicted molar refractivity (Wildman–Crippen MR) is 87.7 cm³/mol. The molecule has 3 N–H and O–H groups in total. The molecule has 21 heavy (non-hydrogen) atoms. The van der Waals surface area contributed by atoms with Gasteiger partial charge in [0.2, 0.25) is 0 Å². The summed E-state index contributed by atoms with van der Waals surface area (Å²) in [4.78, 5) is 0. The van der Waals surface area contributed by atoms with Crippen LogP contribution in [0.1, 0.15) is 58.2 Å². The van der Waals surface area contributed by atoms with Gasteiger partial charge in [0.15, 0.2) is 0 Å². The number of hydrazine groups is 1. The highest BCUT2D eigenvalue weighted by atomic mass is 79.9.